The molecule has 35 heavy (non-hydrogen) atoms. The van der Waals surface area contributed by atoms with Gasteiger partial charge in [0.1, 0.15) is 11.1 Å². The minimum Gasteiger partial charge on any atom is -0.326 e. The van der Waals surface area contributed by atoms with E-state index < -0.39 is 11.1 Å². The molecule has 0 bridgehead atoms. The van der Waals surface area contributed by atoms with Crippen LogP contribution >= 0.6 is 11.8 Å². The Morgan fingerprint density at radius 3 is 2.60 bits per heavy atom. The lowest BCUT2D eigenvalue weighted by molar-refractivity contribution is -0.121. The summed E-state index contributed by atoms with van der Waals surface area (Å²) in [6, 6.07) is 23.7. The quantitative estimate of drug-likeness (QED) is 0.530. The number of anilines is 1. The Labute approximate surface area is 207 Å². The predicted octanol–water partition coefficient (Wildman–Crippen LogP) is 5.31. The maximum atomic E-state index is 13.4. The second-order valence-corrected chi connectivity index (χ2v) is 9.66. The number of amidine groups is 1. The van der Waals surface area contributed by atoms with E-state index >= 15 is 0 Å². The van der Waals surface area contributed by atoms with Gasteiger partial charge < -0.3 is 5.32 Å². The van der Waals surface area contributed by atoms with E-state index in [9.17, 15) is 14.0 Å². The van der Waals surface area contributed by atoms with Crippen molar-refractivity contribution in [1.29, 1.82) is 0 Å². The molecule has 2 atom stereocenters. The normalized spacial score (nSPS) is 19.5. The van der Waals surface area contributed by atoms with Gasteiger partial charge in [-0.05, 0) is 36.2 Å². The topological polar surface area (TPSA) is 74.1 Å². The van der Waals surface area contributed by atoms with Gasteiger partial charge in [-0.15, -0.1) is 0 Å². The minimum absolute atomic E-state index is 0.0642. The molecule has 0 radical (unpaired) electrons. The molecule has 0 saturated heterocycles. The van der Waals surface area contributed by atoms with Gasteiger partial charge >= 0.3 is 0 Å². The lowest BCUT2D eigenvalue weighted by Gasteiger charge is -2.23. The fraction of sp³-hybridized carbons (Fsp3) is 0.185. The van der Waals surface area contributed by atoms with E-state index in [0.717, 1.165) is 22.4 Å². The van der Waals surface area contributed by atoms with E-state index in [0.29, 0.717) is 17.3 Å². The molecular weight excluding hydrogens is 463 g/mol. The SMILES string of the molecule is Cc1ccc([C@H]2CC(c3ccccc3)=NN2C2=NC(=O)[C@H](CC(=O)Nc3cccc(F)c3)S2)cc1. The third-order valence-corrected chi connectivity index (χ3v) is 7.03. The molecule has 0 saturated carbocycles. The summed E-state index contributed by atoms with van der Waals surface area (Å²) in [5.41, 5.74) is 4.53. The number of thioether (sulfide) groups is 1. The third kappa shape index (κ3) is 5.17. The van der Waals surface area contributed by atoms with Gasteiger partial charge in [-0.2, -0.15) is 10.1 Å². The summed E-state index contributed by atoms with van der Waals surface area (Å²) in [6.45, 7) is 2.04. The van der Waals surface area contributed by atoms with Crippen LogP contribution in [0.1, 0.15) is 35.6 Å². The van der Waals surface area contributed by atoms with Crippen LogP contribution < -0.4 is 5.32 Å². The molecule has 0 fully saturated rings. The third-order valence-electron chi connectivity index (χ3n) is 5.88. The zero-order valence-corrected chi connectivity index (χ0v) is 19.8. The number of carbonyl (C=O) groups excluding carboxylic acids is 2. The molecule has 5 rings (SSSR count). The summed E-state index contributed by atoms with van der Waals surface area (Å²) < 4.78 is 13.4. The molecule has 2 heterocycles. The standard InChI is InChI=1S/C27H23FN4O2S/c1-17-10-12-19(13-11-17)23-15-22(18-6-3-2-4-7-18)31-32(23)27-30-26(34)24(35-27)16-25(33)29-21-9-5-8-20(28)14-21/h2-14,23-24H,15-16H2,1H3,(H,29,33)/t23-,24+/m1/s1. The highest BCUT2D eigenvalue weighted by Crippen LogP contribution is 2.38. The molecule has 3 aromatic carbocycles. The van der Waals surface area contributed by atoms with Crippen LogP contribution in [-0.4, -0.2) is 33.0 Å². The minimum atomic E-state index is -0.659. The first kappa shape index (κ1) is 23.0. The molecule has 176 valence electrons. The van der Waals surface area contributed by atoms with Crippen LogP contribution in [0, 0.1) is 12.7 Å². The molecule has 3 aromatic rings. The van der Waals surface area contributed by atoms with Crippen LogP contribution in [0.4, 0.5) is 10.1 Å². The van der Waals surface area contributed by atoms with Gasteiger partial charge in [0.25, 0.3) is 5.91 Å². The largest absolute Gasteiger partial charge is 0.326 e. The van der Waals surface area contributed by atoms with E-state index in [-0.39, 0.29) is 24.3 Å². The fourth-order valence-corrected chi connectivity index (χ4v) is 5.15. The zero-order chi connectivity index (χ0) is 24.4. The lowest BCUT2D eigenvalue weighted by Crippen LogP contribution is -2.25. The van der Waals surface area contributed by atoms with E-state index in [1.54, 1.807) is 11.1 Å². The summed E-state index contributed by atoms with van der Waals surface area (Å²) >= 11 is 1.24. The first-order valence-electron chi connectivity index (χ1n) is 11.3. The maximum Gasteiger partial charge on any atom is 0.262 e. The van der Waals surface area contributed by atoms with E-state index in [2.05, 4.69) is 34.6 Å². The number of rotatable bonds is 5. The molecule has 2 aliphatic heterocycles. The van der Waals surface area contributed by atoms with Crippen molar-refractivity contribution >= 4 is 40.1 Å². The Kier molecular flexibility index (Phi) is 6.46. The van der Waals surface area contributed by atoms with Gasteiger partial charge in [-0.25, -0.2) is 9.40 Å². The molecule has 0 spiro atoms. The Morgan fingerprint density at radius 2 is 1.86 bits per heavy atom. The number of aliphatic imine (C=N–C) groups is 1. The number of aryl methyl sites for hydroxylation is 1. The van der Waals surface area contributed by atoms with Crippen molar-refractivity contribution in [3.8, 4) is 0 Å². The summed E-state index contributed by atoms with van der Waals surface area (Å²) in [5.74, 6) is -1.18. The Bertz CT molecular complexity index is 1320. The molecular formula is C27H23FN4O2S. The Balaban J connectivity index is 1.34. The van der Waals surface area contributed by atoms with Crippen LogP contribution in [0.15, 0.2) is 89.0 Å². The van der Waals surface area contributed by atoms with Crippen molar-refractivity contribution in [2.75, 3.05) is 5.32 Å². The number of hydrogen-bond donors (Lipinski definition) is 1. The molecule has 8 heteroatoms. The monoisotopic (exact) mass is 486 g/mol. The molecule has 2 amide bonds. The zero-order valence-electron chi connectivity index (χ0n) is 19.0. The average Bonchev–Trinajstić information content (AvgIpc) is 3.44. The molecule has 0 unspecified atom stereocenters. The Morgan fingerprint density at radius 1 is 1.09 bits per heavy atom. The van der Waals surface area contributed by atoms with Gasteiger partial charge in [-0.3, -0.25) is 9.59 Å². The summed E-state index contributed by atoms with van der Waals surface area (Å²) in [5, 5.41) is 9.12. The molecule has 0 aromatic heterocycles. The second kappa shape index (κ2) is 9.84. The summed E-state index contributed by atoms with van der Waals surface area (Å²) in [4.78, 5) is 29.5. The van der Waals surface area contributed by atoms with Crippen molar-refractivity contribution < 1.29 is 14.0 Å². The molecule has 1 N–H and O–H groups in total. The number of amides is 2. The summed E-state index contributed by atoms with van der Waals surface area (Å²) in [6.07, 6.45) is 0.608. The van der Waals surface area contributed by atoms with E-state index in [1.807, 2.05) is 37.3 Å². The van der Waals surface area contributed by atoms with Gasteiger partial charge in [0.2, 0.25) is 5.91 Å². The van der Waals surface area contributed by atoms with Crippen LogP contribution in [0.2, 0.25) is 0 Å². The van der Waals surface area contributed by atoms with Crippen LogP contribution in [-0.2, 0) is 9.59 Å². The number of nitrogens with one attached hydrogen (secondary N) is 1. The van der Waals surface area contributed by atoms with Crippen molar-refractivity contribution in [3.05, 3.63) is 101 Å². The van der Waals surface area contributed by atoms with Crippen LogP contribution in [0.25, 0.3) is 0 Å². The molecule has 0 aliphatic carbocycles. The van der Waals surface area contributed by atoms with Crippen LogP contribution in [0.3, 0.4) is 0 Å². The van der Waals surface area contributed by atoms with Crippen molar-refractivity contribution in [2.24, 2.45) is 10.1 Å². The van der Waals surface area contributed by atoms with Gasteiger partial charge in [0, 0.05) is 18.5 Å². The number of halogens is 1. The van der Waals surface area contributed by atoms with E-state index in [4.69, 9.17) is 5.10 Å². The lowest BCUT2D eigenvalue weighted by atomic mass is 9.98. The predicted molar refractivity (Wildman–Crippen MR) is 137 cm³/mol. The van der Waals surface area contributed by atoms with Crippen molar-refractivity contribution in [1.82, 2.24) is 5.01 Å². The molecule has 2 aliphatic rings. The maximum absolute atomic E-state index is 13.4. The summed E-state index contributed by atoms with van der Waals surface area (Å²) in [7, 11) is 0. The van der Waals surface area contributed by atoms with Crippen LogP contribution in [0.5, 0.6) is 0 Å². The first-order valence-corrected chi connectivity index (χ1v) is 12.2. The van der Waals surface area contributed by atoms with Crippen molar-refractivity contribution in [3.63, 3.8) is 0 Å². The van der Waals surface area contributed by atoms with Crippen molar-refractivity contribution in [2.45, 2.75) is 31.1 Å². The number of hydrazone groups is 1. The smallest absolute Gasteiger partial charge is 0.262 e. The highest BCUT2D eigenvalue weighted by molar-refractivity contribution is 8.15. The number of benzene rings is 3. The molecule has 6 nitrogen and oxygen atoms in total. The van der Waals surface area contributed by atoms with Gasteiger partial charge in [-0.1, -0.05) is 78.0 Å². The Hall–Kier alpha value is -3.78. The second-order valence-electron chi connectivity index (χ2n) is 8.49. The number of carbonyl (C=O) groups is 2. The highest BCUT2D eigenvalue weighted by atomic mass is 32.2. The number of nitrogens with zero attached hydrogens (tertiary/aromatic N) is 3. The van der Waals surface area contributed by atoms with Gasteiger partial charge in [0.05, 0.1) is 11.8 Å². The average molecular weight is 487 g/mol. The first-order chi connectivity index (χ1) is 17.0. The van der Waals surface area contributed by atoms with Gasteiger partial charge in [0.15, 0.2) is 5.17 Å². The fourth-order valence-electron chi connectivity index (χ4n) is 4.09. The number of hydrogen-bond acceptors (Lipinski definition) is 5. The highest BCUT2D eigenvalue weighted by Gasteiger charge is 2.39. The van der Waals surface area contributed by atoms with E-state index in [1.165, 1.54) is 30.0 Å².